The van der Waals surface area contributed by atoms with Crippen molar-refractivity contribution in [2.45, 2.75) is 0 Å². The van der Waals surface area contributed by atoms with E-state index in [2.05, 4.69) is 21.7 Å². The third kappa shape index (κ3) is 3.70. The summed E-state index contributed by atoms with van der Waals surface area (Å²) in [6.45, 7) is 4.22. The van der Waals surface area contributed by atoms with Crippen molar-refractivity contribution in [1.82, 2.24) is 9.66 Å². The summed E-state index contributed by atoms with van der Waals surface area (Å²) in [5.41, 5.74) is 2.54. The number of thiazole rings is 1. The molecule has 0 saturated heterocycles. The summed E-state index contributed by atoms with van der Waals surface area (Å²) in [4.78, 5) is 8.33. The smallest absolute Gasteiger partial charge is 0.206 e. The summed E-state index contributed by atoms with van der Waals surface area (Å²) in [6, 6.07) is 9.20. The van der Waals surface area contributed by atoms with E-state index in [4.69, 9.17) is 23.2 Å². The SMILES string of the molecule is C=CCN=c1scc(-c2cc(Cl)ccc2Cl)n1N=Cc1ccc[nH]1. The Balaban J connectivity index is 2.14. The molecule has 1 aromatic carbocycles. The van der Waals surface area contributed by atoms with E-state index in [1.807, 2.05) is 29.8 Å². The van der Waals surface area contributed by atoms with E-state index in [0.717, 1.165) is 21.8 Å². The van der Waals surface area contributed by atoms with E-state index in [0.29, 0.717) is 16.6 Å². The van der Waals surface area contributed by atoms with Gasteiger partial charge in [-0.2, -0.15) is 5.10 Å². The predicted molar refractivity (Wildman–Crippen MR) is 102 cm³/mol. The van der Waals surface area contributed by atoms with Crippen LogP contribution in [0.3, 0.4) is 0 Å². The lowest BCUT2D eigenvalue weighted by atomic mass is 10.2. The molecule has 7 heteroatoms. The molecule has 0 aliphatic carbocycles. The van der Waals surface area contributed by atoms with Crippen molar-refractivity contribution in [2.75, 3.05) is 6.54 Å². The molecular weight excluding hydrogens is 363 g/mol. The van der Waals surface area contributed by atoms with Gasteiger partial charge < -0.3 is 4.98 Å². The molecule has 0 fully saturated rings. The van der Waals surface area contributed by atoms with Crippen molar-refractivity contribution >= 4 is 40.8 Å². The van der Waals surface area contributed by atoms with Gasteiger partial charge in [-0.3, -0.25) is 4.99 Å². The number of aromatic nitrogens is 2. The number of nitrogens with zero attached hydrogens (tertiary/aromatic N) is 3. The second kappa shape index (κ2) is 7.66. The van der Waals surface area contributed by atoms with Crippen molar-refractivity contribution < 1.29 is 0 Å². The highest BCUT2D eigenvalue weighted by Gasteiger charge is 2.11. The van der Waals surface area contributed by atoms with Crippen molar-refractivity contribution in [3.05, 3.63) is 75.1 Å². The van der Waals surface area contributed by atoms with Gasteiger partial charge in [-0.05, 0) is 30.3 Å². The molecule has 0 unspecified atom stereocenters. The van der Waals surface area contributed by atoms with Gasteiger partial charge in [0.2, 0.25) is 4.80 Å². The highest BCUT2D eigenvalue weighted by Crippen LogP contribution is 2.30. The Bertz CT molecular complexity index is 936. The molecule has 122 valence electrons. The third-order valence-electron chi connectivity index (χ3n) is 3.18. The quantitative estimate of drug-likeness (QED) is 0.490. The van der Waals surface area contributed by atoms with E-state index >= 15 is 0 Å². The molecule has 0 aliphatic rings. The van der Waals surface area contributed by atoms with Crippen molar-refractivity contribution in [3.8, 4) is 11.3 Å². The minimum absolute atomic E-state index is 0.515. The predicted octanol–water partition coefficient (Wildman–Crippen LogP) is 4.82. The van der Waals surface area contributed by atoms with Crippen LogP contribution in [-0.4, -0.2) is 22.4 Å². The van der Waals surface area contributed by atoms with Gasteiger partial charge in [-0.15, -0.1) is 17.9 Å². The minimum atomic E-state index is 0.515. The lowest BCUT2D eigenvalue weighted by Gasteiger charge is -2.06. The topological polar surface area (TPSA) is 45.4 Å². The van der Waals surface area contributed by atoms with Crippen LogP contribution in [0.2, 0.25) is 10.0 Å². The lowest BCUT2D eigenvalue weighted by molar-refractivity contribution is 0.840. The maximum Gasteiger partial charge on any atom is 0.206 e. The Morgan fingerprint density at radius 3 is 2.92 bits per heavy atom. The van der Waals surface area contributed by atoms with Crippen LogP contribution < -0.4 is 4.80 Å². The van der Waals surface area contributed by atoms with Gasteiger partial charge in [0.05, 0.1) is 29.2 Å². The number of H-pyrrole nitrogens is 1. The maximum atomic E-state index is 6.34. The Morgan fingerprint density at radius 1 is 1.29 bits per heavy atom. The molecule has 1 N–H and O–H groups in total. The third-order valence-corrected chi connectivity index (χ3v) is 4.60. The number of halogens is 2. The summed E-state index contributed by atoms with van der Waals surface area (Å²) < 4.78 is 1.76. The van der Waals surface area contributed by atoms with Gasteiger partial charge in [0.25, 0.3) is 0 Å². The molecule has 0 saturated carbocycles. The van der Waals surface area contributed by atoms with Crippen LogP contribution in [0.4, 0.5) is 0 Å². The van der Waals surface area contributed by atoms with E-state index in [-0.39, 0.29) is 0 Å². The summed E-state index contributed by atoms with van der Waals surface area (Å²) in [7, 11) is 0. The standard InChI is InChI=1S/C17H14Cl2N4S/c1-2-7-21-17-23(22-10-13-4-3-8-20-13)16(11-24-17)14-9-12(18)5-6-15(14)19/h2-6,8-11,20H,1,7H2. The van der Waals surface area contributed by atoms with Crippen molar-refractivity contribution in [2.24, 2.45) is 10.1 Å². The largest absolute Gasteiger partial charge is 0.360 e. The fourth-order valence-electron chi connectivity index (χ4n) is 2.09. The Morgan fingerprint density at radius 2 is 2.17 bits per heavy atom. The highest BCUT2D eigenvalue weighted by molar-refractivity contribution is 7.07. The van der Waals surface area contributed by atoms with E-state index < -0.39 is 0 Å². The number of rotatable bonds is 5. The van der Waals surface area contributed by atoms with Gasteiger partial charge >= 0.3 is 0 Å². The van der Waals surface area contributed by atoms with Crippen molar-refractivity contribution in [1.29, 1.82) is 0 Å². The van der Waals surface area contributed by atoms with Gasteiger partial charge in [0, 0.05) is 22.2 Å². The fraction of sp³-hybridized carbons (Fsp3) is 0.0588. The Labute approximate surface area is 153 Å². The summed E-state index contributed by atoms with van der Waals surface area (Å²) in [5.74, 6) is 0. The first-order valence-electron chi connectivity index (χ1n) is 7.14. The van der Waals surface area contributed by atoms with Gasteiger partial charge in [-0.25, -0.2) is 4.68 Å². The zero-order valence-electron chi connectivity index (χ0n) is 12.6. The van der Waals surface area contributed by atoms with E-state index in [1.165, 1.54) is 11.3 Å². The molecule has 4 nitrogen and oxygen atoms in total. The molecule has 0 amide bonds. The number of hydrogen-bond donors (Lipinski definition) is 1. The molecule has 0 bridgehead atoms. The normalized spacial score (nSPS) is 12.2. The molecule has 3 aromatic rings. The van der Waals surface area contributed by atoms with E-state index in [1.54, 1.807) is 29.1 Å². The Kier molecular flexibility index (Phi) is 5.35. The summed E-state index contributed by atoms with van der Waals surface area (Å²) in [5, 5.41) is 7.74. The minimum Gasteiger partial charge on any atom is -0.360 e. The summed E-state index contributed by atoms with van der Waals surface area (Å²) >= 11 is 14.0. The zero-order valence-corrected chi connectivity index (χ0v) is 14.9. The zero-order chi connectivity index (χ0) is 16.9. The lowest BCUT2D eigenvalue weighted by Crippen LogP contribution is -2.12. The van der Waals surface area contributed by atoms with Crippen LogP contribution in [-0.2, 0) is 0 Å². The molecule has 2 aromatic heterocycles. The first-order valence-corrected chi connectivity index (χ1v) is 8.77. The summed E-state index contributed by atoms with van der Waals surface area (Å²) in [6.07, 6.45) is 5.32. The molecule has 2 heterocycles. The number of nitrogens with one attached hydrogen (secondary N) is 1. The monoisotopic (exact) mass is 376 g/mol. The molecule has 24 heavy (non-hydrogen) atoms. The molecule has 0 spiro atoms. The molecule has 3 rings (SSSR count). The first kappa shape index (κ1) is 16.8. The number of aromatic amines is 1. The Hall–Kier alpha value is -2.08. The molecule has 0 atom stereocenters. The maximum absolute atomic E-state index is 6.34. The average Bonchev–Trinajstić information content (AvgIpc) is 3.22. The van der Waals surface area contributed by atoms with Crippen LogP contribution in [0.1, 0.15) is 5.69 Å². The van der Waals surface area contributed by atoms with Gasteiger partial charge in [0.15, 0.2) is 0 Å². The molecule has 0 radical (unpaired) electrons. The van der Waals surface area contributed by atoms with Crippen LogP contribution in [0.15, 0.2) is 64.7 Å². The van der Waals surface area contributed by atoms with Crippen molar-refractivity contribution in [3.63, 3.8) is 0 Å². The van der Waals surface area contributed by atoms with E-state index in [9.17, 15) is 0 Å². The number of hydrogen-bond acceptors (Lipinski definition) is 3. The highest BCUT2D eigenvalue weighted by atomic mass is 35.5. The van der Waals surface area contributed by atoms with Crippen LogP contribution >= 0.6 is 34.5 Å². The van der Waals surface area contributed by atoms with Crippen LogP contribution in [0.5, 0.6) is 0 Å². The molecule has 0 aliphatic heterocycles. The van der Waals surface area contributed by atoms with Crippen LogP contribution in [0, 0.1) is 0 Å². The average molecular weight is 377 g/mol. The second-order valence-corrected chi connectivity index (χ2v) is 6.52. The molecular formula is C17H14Cl2N4S. The van der Waals surface area contributed by atoms with Crippen LogP contribution in [0.25, 0.3) is 11.3 Å². The first-order chi connectivity index (χ1) is 11.7. The van der Waals surface area contributed by atoms with Gasteiger partial charge in [0.1, 0.15) is 0 Å². The second-order valence-electron chi connectivity index (χ2n) is 4.84. The number of benzene rings is 1. The fourth-order valence-corrected chi connectivity index (χ4v) is 3.31. The van der Waals surface area contributed by atoms with Gasteiger partial charge in [-0.1, -0.05) is 29.3 Å².